The Morgan fingerprint density at radius 3 is 2.83 bits per heavy atom. The van der Waals surface area contributed by atoms with Gasteiger partial charge >= 0.3 is 6.09 Å². The van der Waals surface area contributed by atoms with Gasteiger partial charge in [-0.1, -0.05) is 6.92 Å². The molecule has 0 spiro atoms. The normalized spacial score (nSPS) is 10.8. The summed E-state index contributed by atoms with van der Waals surface area (Å²) in [6.07, 6.45) is 0.231. The van der Waals surface area contributed by atoms with E-state index in [1.54, 1.807) is 0 Å². The number of ether oxygens (including phenoxy) is 1. The minimum Gasteiger partial charge on any atom is -0.444 e. The molecule has 1 rings (SSSR count). The number of alkyl carbamates (subject to hydrolysis) is 1. The summed E-state index contributed by atoms with van der Waals surface area (Å²) in [6.45, 7) is 5.84. The molecule has 1 aromatic rings. The third kappa shape index (κ3) is 3.74. The lowest BCUT2D eigenvalue weighted by Crippen LogP contribution is -2.34. The van der Waals surface area contributed by atoms with E-state index in [9.17, 15) is 4.79 Å². The molecule has 1 heterocycles. The highest BCUT2D eigenvalue weighted by Crippen LogP contribution is 2.18. The highest BCUT2D eigenvalue weighted by Gasteiger charge is 2.20. The summed E-state index contributed by atoms with van der Waals surface area (Å²) in [6, 6.07) is 1.92. The molecular formula is C11H15BrN4O2. The maximum atomic E-state index is 11.5. The van der Waals surface area contributed by atoms with E-state index in [1.807, 2.05) is 26.8 Å². The summed E-state index contributed by atoms with van der Waals surface area (Å²) in [7, 11) is 0. The molecule has 0 atom stereocenters. The van der Waals surface area contributed by atoms with E-state index in [4.69, 9.17) is 10.00 Å². The lowest BCUT2D eigenvalue weighted by Gasteiger charge is -2.23. The largest absolute Gasteiger partial charge is 0.444 e. The summed E-state index contributed by atoms with van der Waals surface area (Å²) >= 11 is 3.23. The number of nitriles is 1. The van der Waals surface area contributed by atoms with Crippen LogP contribution in [0.5, 0.6) is 0 Å². The van der Waals surface area contributed by atoms with E-state index in [2.05, 4.69) is 31.4 Å². The summed E-state index contributed by atoms with van der Waals surface area (Å²) < 4.78 is 5.77. The number of hydrogen-bond donors (Lipinski definition) is 2. The summed E-state index contributed by atoms with van der Waals surface area (Å²) in [5, 5.41) is 17.8. The van der Waals surface area contributed by atoms with Crippen LogP contribution < -0.4 is 5.32 Å². The fraction of sp³-hybridized carbons (Fsp3) is 0.545. The molecule has 0 saturated carbocycles. The smallest absolute Gasteiger partial charge is 0.407 e. The van der Waals surface area contributed by atoms with E-state index in [0.29, 0.717) is 10.2 Å². The minimum atomic E-state index is -0.498. The number of halogens is 1. The maximum absolute atomic E-state index is 11.5. The zero-order valence-electron chi connectivity index (χ0n) is 10.5. The number of hydrogen-bond acceptors (Lipinski definition) is 4. The van der Waals surface area contributed by atoms with Crippen molar-refractivity contribution in [1.29, 1.82) is 5.26 Å². The van der Waals surface area contributed by atoms with Crippen molar-refractivity contribution in [2.45, 2.75) is 39.3 Å². The number of H-pyrrole nitrogens is 1. The molecule has 18 heavy (non-hydrogen) atoms. The first-order chi connectivity index (χ1) is 8.39. The molecule has 2 N–H and O–H groups in total. The molecule has 0 radical (unpaired) electrons. The van der Waals surface area contributed by atoms with Crippen LogP contribution in [0.2, 0.25) is 0 Å². The van der Waals surface area contributed by atoms with Gasteiger partial charge in [0.25, 0.3) is 0 Å². The summed E-state index contributed by atoms with van der Waals surface area (Å²) in [4.78, 5) is 11.5. The Balaban J connectivity index is 2.53. The number of nitrogens with one attached hydrogen (secondary N) is 2. The van der Waals surface area contributed by atoms with Crippen molar-refractivity contribution in [3.63, 3.8) is 0 Å². The second-order valence-electron chi connectivity index (χ2n) is 4.33. The van der Waals surface area contributed by atoms with Gasteiger partial charge in [0.1, 0.15) is 11.7 Å². The Kier molecular flexibility index (Phi) is 4.73. The first-order valence-corrected chi connectivity index (χ1v) is 6.28. The molecule has 98 valence electrons. The Labute approximate surface area is 114 Å². The molecule has 0 aromatic carbocycles. The van der Waals surface area contributed by atoms with Gasteiger partial charge in [-0.25, -0.2) is 4.79 Å². The van der Waals surface area contributed by atoms with Gasteiger partial charge in [0.2, 0.25) is 0 Å². The van der Waals surface area contributed by atoms with Crippen LogP contribution in [-0.2, 0) is 11.3 Å². The highest BCUT2D eigenvalue weighted by molar-refractivity contribution is 9.10. The number of carbonyl (C=O) groups is 1. The average molecular weight is 315 g/mol. The van der Waals surface area contributed by atoms with Crippen molar-refractivity contribution in [3.8, 4) is 6.07 Å². The molecule has 0 aliphatic rings. The number of amides is 1. The zero-order chi connectivity index (χ0) is 13.8. The van der Waals surface area contributed by atoms with Crippen molar-refractivity contribution in [2.24, 2.45) is 0 Å². The molecule has 1 amide bonds. The van der Waals surface area contributed by atoms with Gasteiger partial charge in [-0.15, -0.1) is 0 Å². The molecule has 0 unspecified atom stereocenters. The third-order valence-corrected chi connectivity index (χ3v) is 3.37. The van der Waals surface area contributed by atoms with Crippen LogP contribution in [0.4, 0.5) is 4.79 Å². The first-order valence-electron chi connectivity index (χ1n) is 5.49. The van der Waals surface area contributed by atoms with Crippen LogP contribution in [0.1, 0.15) is 38.6 Å². The molecule has 0 aliphatic carbocycles. The van der Waals surface area contributed by atoms with Crippen molar-refractivity contribution in [2.75, 3.05) is 0 Å². The van der Waals surface area contributed by atoms with Gasteiger partial charge < -0.3 is 10.1 Å². The number of nitrogens with zero attached hydrogens (tertiary/aromatic N) is 2. The molecule has 0 bridgehead atoms. The van der Waals surface area contributed by atoms with Crippen molar-refractivity contribution in [1.82, 2.24) is 15.5 Å². The predicted molar refractivity (Wildman–Crippen MR) is 68.7 cm³/mol. The summed E-state index contributed by atoms with van der Waals surface area (Å²) in [5.41, 5.74) is 0.388. The topological polar surface area (TPSA) is 90.8 Å². The predicted octanol–water partition coefficient (Wildman–Crippen LogP) is 2.46. The summed E-state index contributed by atoms with van der Waals surface area (Å²) in [5.74, 6) is 0. The average Bonchev–Trinajstić information content (AvgIpc) is 2.67. The SMILES string of the molecule is CCC(C)(C)OC(=O)NCc1[nH]nc(C#N)c1Br. The second-order valence-corrected chi connectivity index (χ2v) is 5.13. The standard InChI is InChI=1S/C11H15BrN4O2/c1-4-11(2,3)18-10(17)14-6-8-9(12)7(5-13)15-16-8/h4,6H2,1-3H3,(H,14,17)(H,15,16). The third-order valence-electron chi connectivity index (χ3n) is 2.51. The molecular weight excluding hydrogens is 300 g/mol. The Morgan fingerprint density at radius 2 is 2.33 bits per heavy atom. The fourth-order valence-corrected chi connectivity index (χ4v) is 1.48. The number of rotatable bonds is 4. The van der Waals surface area contributed by atoms with E-state index >= 15 is 0 Å². The maximum Gasteiger partial charge on any atom is 0.407 e. The lowest BCUT2D eigenvalue weighted by atomic mass is 10.1. The van der Waals surface area contributed by atoms with E-state index in [1.165, 1.54) is 0 Å². The second kappa shape index (κ2) is 5.87. The molecule has 7 heteroatoms. The fourth-order valence-electron chi connectivity index (χ4n) is 1.08. The first kappa shape index (κ1) is 14.5. The van der Waals surface area contributed by atoms with Crippen LogP contribution in [-0.4, -0.2) is 21.9 Å². The van der Waals surface area contributed by atoms with Crippen molar-refractivity contribution >= 4 is 22.0 Å². The van der Waals surface area contributed by atoms with Gasteiger partial charge in [0.15, 0.2) is 5.69 Å². The van der Waals surface area contributed by atoms with Gasteiger partial charge in [-0.2, -0.15) is 10.4 Å². The van der Waals surface area contributed by atoms with Crippen LogP contribution in [0.25, 0.3) is 0 Å². The van der Waals surface area contributed by atoms with Crippen molar-refractivity contribution in [3.05, 3.63) is 15.9 Å². The van der Waals surface area contributed by atoms with Crippen LogP contribution in [0.15, 0.2) is 4.47 Å². The van der Waals surface area contributed by atoms with Gasteiger partial charge in [0.05, 0.1) is 16.7 Å². The molecule has 6 nitrogen and oxygen atoms in total. The number of carbonyl (C=O) groups excluding carboxylic acids is 1. The number of aromatic amines is 1. The Hall–Kier alpha value is -1.55. The van der Waals surface area contributed by atoms with Gasteiger partial charge in [-0.05, 0) is 36.2 Å². The molecule has 0 aliphatic heterocycles. The van der Waals surface area contributed by atoms with E-state index in [-0.39, 0.29) is 12.2 Å². The zero-order valence-corrected chi connectivity index (χ0v) is 12.1. The highest BCUT2D eigenvalue weighted by atomic mass is 79.9. The van der Waals surface area contributed by atoms with Crippen LogP contribution in [0.3, 0.4) is 0 Å². The molecule has 0 saturated heterocycles. The Bertz CT molecular complexity index is 476. The molecule has 1 aromatic heterocycles. The molecule has 0 fully saturated rings. The van der Waals surface area contributed by atoms with Gasteiger partial charge in [-0.3, -0.25) is 5.10 Å². The lowest BCUT2D eigenvalue weighted by molar-refractivity contribution is 0.0359. The van der Waals surface area contributed by atoms with Crippen molar-refractivity contribution < 1.29 is 9.53 Å². The minimum absolute atomic E-state index is 0.216. The van der Waals surface area contributed by atoms with E-state index in [0.717, 1.165) is 6.42 Å². The quantitative estimate of drug-likeness (QED) is 0.893. The van der Waals surface area contributed by atoms with E-state index < -0.39 is 11.7 Å². The van der Waals surface area contributed by atoms with Crippen LogP contribution in [0, 0.1) is 11.3 Å². The van der Waals surface area contributed by atoms with Gasteiger partial charge in [0, 0.05) is 0 Å². The van der Waals surface area contributed by atoms with Crippen LogP contribution >= 0.6 is 15.9 Å². The Morgan fingerprint density at radius 1 is 1.67 bits per heavy atom. The number of aromatic nitrogens is 2. The monoisotopic (exact) mass is 314 g/mol.